The number of nitrogens with zero attached hydrogens (tertiary/aromatic N) is 3. The van der Waals surface area contributed by atoms with Crippen LogP contribution in [0.25, 0.3) is 4.96 Å². The number of rotatable bonds is 5. The summed E-state index contributed by atoms with van der Waals surface area (Å²) in [5, 5.41) is 5.24. The summed E-state index contributed by atoms with van der Waals surface area (Å²) < 4.78 is 1.41. The fourth-order valence-electron chi connectivity index (χ4n) is 3.02. The van der Waals surface area contributed by atoms with Gasteiger partial charge in [-0.1, -0.05) is 51.2 Å². The van der Waals surface area contributed by atoms with Gasteiger partial charge < -0.3 is 0 Å². The van der Waals surface area contributed by atoms with E-state index >= 15 is 0 Å². The minimum atomic E-state index is -0.0894. The normalized spacial score (nSPS) is 12.1. The molecule has 0 aliphatic carbocycles. The Morgan fingerprint density at radius 2 is 1.78 bits per heavy atom. The Hall–Kier alpha value is -1.66. The van der Waals surface area contributed by atoms with Crippen molar-refractivity contribution in [1.29, 1.82) is 0 Å². The molecule has 0 unspecified atom stereocenters. The lowest BCUT2D eigenvalue weighted by molar-refractivity contribution is 0.589. The van der Waals surface area contributed by atoms with Gasteiger partial charge in [-0.25, -0.2) is 4.98 Å². The van der Waals surface area contributed by atoms with Crippen molar-refractivity contribution in [2.45, 2.75) is 64.9 Å². The van der Waals surface area contributed by atoms with Gasteiger partial charge >= 0.3 is 0 Å². The molecule has 27 heavy (non-hydrogen) atoms. The summed E-state index contributed by atoms with van der Waals surface area (Å²) in [6.07, 6.45) is 0.820. The SMILES string of the molecule is CCc1nn2c(=O)cc(CSCc3c(C)cc(C(C)(C)C)cc3C)nc2s1. The zero-order chi connectivity index (χ0) is 19.8. The van der Waals surface area contributed by atoms with Gasteiger partial charge in [0, 0.05) is 17.6 Å². The fourth-order valence-corrected chi connectivity index (χ4v) is 5.00. The highest BCUT2D eigenvalue weighted by Crippen LogP contribution is 2.29. The highest BCUT2D eigenvalue weighted by molar-refractivity contribution is 7.97. The van der Waals surface area contributed by atoms with Crippen molar-refractivity contribution in [3.63, 3.8) is 0 Å². The fraction of sp³-hybridized carbons (Fsp3) is 0.476. The smallest absolute Gasteiger partial charge is 0.267 e. The van der Waals surface area contributed by atoms with Gasteiger partial charge in [-0.2, -0.15) is 21.4 Å². The van der Waals surface area contributed by atoms with E-state index in [-0.39, 0.29) is 11.0 Å². The van der Waals surface area contributed by atoms with Crippen molar-refractivity contribution >= 4 is 28.1 Å². The van der Waals surface area contributed by atoms with E-state index in [4.69, 9.17) is 0 Å². The Labute approximate surface area is 169 Å². The molecular weight excluding hydrogens is 374 g/mol. The van der Waals surface area contributed by atoms with E-state index in [1.54, 1.807) is 17.8 Å². The molecule has 2 aromatic heterocycles. The van der Waals surface area contributed by atoms with E-state index in [9.17, 15) is 4.79 Å². The molecule has 144 valence electrons. The van der Waals surface area contributed by atoms with Crippen LogP contribution in [0, 0.1) is 13.8 Å². The van der Waals surface area contributed by atoms with Gasteiger partial charge in [-0.15, -0.1) is 0 Å². The van der Waals surface area contributed by atoms with Gasteiger partial charge in [-0.05, 0) is 47.9 Å². The molecule has 0 amide bonds. The topological polar surface area (TPSA) is 47.3 Å². The van der Waals surface area contributed by atoms with E-state index in [0.717, 1.165) is 28.6 Å². The van der Waals surface area contributed by atoms with Crippen molar-refractivity contribution in [2.75, 3.05) is 0 Å². The van der Waals surface area contributed by atoms with Crippen molar-refractivity contribution in [3.05, 3.63) is 61.5 Å². The van der Waals surface area contributed by atoms with Crippen molar-refractivity contribution in [3.8, 4) is 0 Å². The van der Waals surface area contributed by atoms with E-state index in [1.165, 1.54) is 38.1 Å². The van der Waals surface area contributed by atoms with Gasteiger partial charge in [0.2, 0.25) is 4.96 Å². The summed E-state index contributed by atoms with van der Waals surface area (Å²) in [5.41, 5.74) is 6.35. The molecule has 2 heterocycles. The van der Waals surface area contributed by atoms with Crippen LogP contribution < -0.4 is 5.56 Å². The number of hydrogen-bond acceptors (Lipinski definition) is 5. The second kappa shape index (κ2) is 7.76. The first-order valence-electron chi connectivity index (χ1n) is 9.26. The van der Waals surface area contributed by atoms with Crippen LogP contribution in [-0.2, 0) is 23.3 Å². The average Bonchev–Trinajstić information content (AvgIpc) is 3.00. The third-order valence-electron chi connectivity index (χ3n) is 4.70. The van der Waals surface area contributed by atoms with Crippen LogP contribution in [0.15, 0.2) is 23.0 Å². The van der Waals surface area contributed by atoms with E-state index in [0.29, 0.717) is 4.96 Å². The van der Waals surface area contributed by atoms with Gasteiger partial charge in [0.1, 0.15) is 5.01 Å². The van der Waals surface area contributed by atoms with Gasteiger partial charge in [0.15, 0.2) is 0 Å². The monoisotopic (exact) mass is 401 g/mol. The van der Waals surface area contributed by atoms with E-state index < -0.39 is 0 Å². The predicted molar refractivity (Wildman–Crippen MR) is 116 cm³/mol. The molecule has 0 saturated carbocycles. The molecule has 0 N–H and O–H groups in total. The number of benzene rings is 1. The first-order valence-corrected chi connectivity index (χ1v) is 11.2. The summed E-state index contributed by atoms with van der Waals surface area (Å²) in [6.45, 7) is 13.2. The average molecular weight is 402 g/mol. The van der Waals surface area contributed by atoms with Crippen molar-refractivity contribution in [2.24, 2.45) is 0 Å². The summed E-state index contributed by atoms with van der Waals surface area (Å²) in [4.78, 5) is 17.6. The molecule has 0 spiro atoms. The maximum Gasteiger partial charge on any atom is 0.275 e. The first-order chi connectivity index (χ1) is 12.7. The number of fused-ring (bicyclic) bond motifs is 1. The largest absolute Gasteiger partial charge is 0.275 e. The molecule has 0 saturated heterocycles. The van der Waals surface area contributed by atoms with Gasteiger partial charge in [0.25, 0.3) is 5.56 Å². The van der Waals surface area contributed by atoms with Crippen molar-refractivity contribution < 1.29 is 0 Å². The Kier molecular flexibility index (Phi) is 5.77. The minimum absolute atomic E-state index is 0.0894. The molecular formula is C21H27N3OS2. The molecule has 3 aromatic rings. The zero-order valence-corrected chi connectivity index (χ0v) is 18.6. The highest BCUT2D eigenvalue weighted by Gasteiger charge is 2.16. The van der Waals surface area contributed by atoms with Gasteiger partial charge in [0.05, 0.1) is 5.69 Å². The van der Waals surface area contributed by atoms with Crippen molar-refractivity contribution in [1.82, 2.24) is 14.6 Å². The van der Waals surface area contributed by atoms with Crippen LogP contribution in [0.2, 0.25) is 0 Å². The molecule has 0 aliphatic rings. The zero-order valence-electron chi connectivity index (χ0n) is 16.9. The minimum Gasteiger partial charge on any atom is -0.267 e. The summed E-state index contributed by atoms with van der Waals surface area (Å²) in [6, 6.07) is 6.23. The molecule has 0 aliphatic heterocycles. The standard InChI is InChI=1S/C21H27N3OS2/c1-7-18-23-24-19(25)10-16(22-20(24)27-18)11-26-12-17-13(2)8-15(9-14(17)3)21(4,5)6/h8-10H,7,11-12H2,1-6H3. The highest BCUT2D eigenvalue weighted by atomic mass is 32.2. The number of aromatic nitrogens is 3. The summed E-state index contributed by atoms with van der Waals surface area (Å²) in [5.74, 6) is 1.65. The molecule has 1 aromatic carbocycles. The quantitative estimate of drug-likeness (QED) is 0.599. The third-order valence-corrected chi connectivity index (χ3v) is 6.75. The maximum absolute atomic E-state index is 12.3. The molecule has 3 rings (SSSR count). The molecule has 0 atom stereocenters. The summed E-state index contributed by atoms with van der Waals surface area (Å²) in [7, 11) is 0. The summed E-state index contributed by atoms with van der Waals surface area (Å²) >= 11 is 3.30. The van der Waals surface area contributed by atoms with Crippen LogP contribution >= 0.6 is 23.1 Å². The van der Waals surface area contributed by atoms with Crippen LogP contribution in [-0.4, -0.2) is 14.6 Å². The Balaban J connectivity index is 1.75. The first kappa shape index (κ1) is 20.1. The van der Waals surface area contributed by atoms with Crippen LogP contribution in [0.5, 0.6) is 0 Å². The predicted octanol–water partition coefficient (Wildman–Crippen LogP) is 5.06. The van der Waals surface area contributed by atoms with E-state index in [1.807, 2.05) is 6.92 Å². The maximum atomic E-state index is 12.3. The van der Waals surface area contributed by atoms with E-state index in [2.05, 4.69) is 56.8 Å². The molecule has 6 heteroatoms. The molecule has 4 nitrogen and oxygen atoms in total. The Morgan fingerprint density at radius 1 is 1.11 bits per heavy atom. The molecule has 0 radical (unpaired) electrons. The Morgan fingerprint density at radius 3 is 2.37 bits per heavy atom. The second-order valence-electron chi connectivity index (χ2n) is 7.96. The van der Waals surface area contributed by atoms with Crippen LogP contribution in [0.4, 0.5) is 0 Å². The number of hydrogen-bond donors (Lipinski definition) is 0. The lowest BCUT2D eigenvalue weighted by Gasteiger charge is -2.22. The van der Waals surface area contributed by atoms with Crippen LogP contribution in [0.3, 0.4) is 0 Å². The molecule has 0 fully saturated rings. The number of thioether (sulfide) groups is 1. The number of aryl methyl sites for hydroxylation is 3. The lowest BCUT2D eigenvalue weighted by Crippen LogP contribution is -2.15. The Bertz CT molecular complexity index is 1010. The lowest BCUT2D eigenvalue weighted by atomic mass is 9.84. The second-order valence-corrected chi connectivity index (χ2v) is 9.99. The third kappa shape index (κ3) is 4.43. The van der Waals surface area contributed by atoms with Gasteiger partial charge in [-0.3, -0.25) is 4.79 Å². The van der Waals surface area contributed by atoms with Crippen LogP contribution in [0.1, 0.15) is 60.7 Å². The molecule has 0 bridgehead atoms.